The maximum Gasteiger partial charge on any atom is 0.307 e. The standard InChI is InChI=1S/C17H23NO4/c1-4-21-17(20)10-11-18-16(19)9-8-14-6-5-7-15(12-14)22-13(2)3/h5-9,12-13H,4,10-11H2,1-3H3,(H,18,19)/b9-8+. The van der Waals surface area contributed by atoms with E-state index in [0.29, 0.717) is 6.61 Å². The molecule has 1 aromatic rings. The molecule has 1 N–H and O–H groups in total. The fraction of sp³-hybridized carbons (Fsp3) is 0.412. The van der Waals surface area contributed by atoms with Crippen LogP contribution in [0.5, 0.6) is 5.75 Å². The van der Waals surface area contributed by atoms with Gasteiger partial charge in [-0.2, -0.15) is 0 Å². The van der Waals surface area contributed by atoms with Crippen LogP contribution in [0.1, 0.15) is 32.8 Å². The van der Waals surface area contributed by atoms with E-state index in [9.17, 15) is 9.59 Å². The molecular weight excluding hydrogens is 282 g/mol. The molecule has 0 saturated heterocycles. The lowest BCUT2D eigenvalue weighted by molar-refractivity contribution is -0.142. The van der Waals surface area contributed by atoms with Crippen LogP contribution in [-0.4, -0.2) is 31.1 Å². The number of hydrogen-bond acceptors (Lipinski definition) is 4. The highest BCUT2D eigenvalue weighted by molar-refractivity contribution is 5.91. The Hall–Kier alpha value is -2.30. The maximum atomic E-state index is 11.6. The molecule has 0 heterocycles. The summed E-state index contributed by atoms with van der Waals surface area (Å²) in [5.41, 5.74) is 0.874. The molecule has 0 unspecified atom stereocenters. The minimum Gasteiger partial charge on any atom is -0.491 e. The zero-order valence-electron chi connectivity index (χ0n) is 13.3. The summed E-state index contributed by atoms with van der Waals surface area (Å²) in [4.78, 5) is 22.8. The van der Waals surface area contributed by atoms with Crippen LogP contribution in [0.4, 0.5) is 0 Å². The molecular formula is C17H23NO4. The Kier molecular flexibility index (Phi) is 7.75. The molecule has 1 amide bonds. The van der Waals surface area contributed by atoms with Crippen molar-refractivity contribution in [1.82, 2.24) is 5.32 Å². The molecule has 0 aliphatic rings. The molecule has 5 nitrogen and oxygen atoms in total. The Morgan fingerprint density at radius 1 is 1.32 bits per heavy atom. The van der Waals surface area contributed by atoms with Crippen molar-refractivity contribution in [2.75, 3.05) is 13.2 Å². The third-order valence-electron chi connectivity index (χ3n) is 2.59. The lowest BCUT2D eigenvalue weighted by Gasteiger charge is -2.09. The molecule has 0 aliphatic carbocycles. The summed E-state index contributed by atoms with van der Waals surface area (Å²) < 4.78 is 10.4. The van der Waals surface area contributed by atoms with Gasteiger partial charge in [0.2, 0.25) is 5.91 Å². The highest BCUT2D eigenvalue weighted by atomic mass is 16.5. The van der Waals surface area contributed by atoms with Crippen molar-refractivity contribution in [2.24, 2.45) is 0 Å². The summed E-state index contributed by atoms with van der Waals surface area (Å²) in [6, 6.07) is 7.49. The first-order valence-corrected chi connectivity index (χ1v) is 7.39. The van der Waals surface area contributed by atoms with Crippen LogP contribution in [0.15, 0.2) is 30.3 Å². The van der Waals surface area contributed by atoms with Crippen LogP contribution in [0.2, 0.25) is 0 Å². The van der Waals surface area contributed by atoms with Gasteiger partial charge in [-0.3, -0.25) is 9.59 Å². The van der Waals surface area contributed by atoms with Crippen molar-refractivity contribution >= 4 is 18.0 Å². The van der Waals surface area contributed by atoms with E-state index >= 15 is 0 Å². The Labute approximate surface area is 131 Å². The number of carbonyl (C=O) groups excluding carboxylic acids is 2. The van der Waals surface area contributed by atoms with E-state index in [4.69, 9.17) is 9.47 Å². The Bertz CT molecular complexity index is 523. The largest absolute Gasteiger partial charge is 0.491 e. The third-order valence-corrected chi connectivity index (χ3v) is 2.59. The Morgan fingerprint density at radius 2 is 2.09 bits per heavy atom. The molecule has 1 aromatic carbocycles. The van der Waals surface area contributed by atoms with Gasteiger partial charge in [0.25, 0.3) is 0 Å². The number of carbonyl (C=O) groups is 2. The van der Waals surface area contributed by atoms with Gasteiger partial charge in [-0.15, -0.1) is 0 Å². The summed E-state index contributed by atoms with van der Waals surface area (Å²) in [6.45, 7) is 6.27. The summed E-state index contributed by atoms with van der Waals surface area (Å²) in [5.74, 6) is 0.199. The van der Waals surface area contributed by atoms with Gasteiger partial charge >= 0.3 is 5.97 Å². The smallest absolute Gasteiger partial charge is 0.307 e. The van der Waals surface area contributed by atoms with Crippen LogP contribution in [0.3, 0.4) is 0 Å². The summed E-state index contributed by atoms with van der Waals surface area (Å²) >= 11 is 0. The Balaban J connectivity index is 2.43. The average molecular weight is 305 g/mol. The van der Waals surface area contributed by atoms with Gasteiger partial charge in [-0.25, -0.2) is 0 Å². The second kappa shape index (κ2) is 9.60. The van der Waals surface area contributed by atoms with Crippen LogP contribution in [0, 0.1) is 0 Å². The Morgan fingerprint density at radius 3 is 2.77 bits per heavy atom. The number of ether oxygens (including phenoxy) is 2. The van der Waals surface area contributed by atoms with Gasteiger partial charge < -0.3 is 14.8 Å². The summed E-state index contributed by atoms with van der Waals surface area (Å²) in [5, 5.41) is 2.63. The first-order chi connectivity index (χ1) is 10.5. The van der Waals surface area contributed by atoms with Crippen molar-refractivity contribution in [3.8, 4) is 5.75 Å². The van der Waals surface area contributed by atoms with E-state index in [2.05, 4.69) is 5.32 Å². The topological polar surface area (TPSA) is 64.6 Å². The quantitative estimate of drug-likeness (QED) is 0.592. The number of esters is 1. The van der Waals surface area contributed by atoms with Gasteiger partial charge in [-0.05, 0) is 44.5 Å². The van der Waals surface area contributed by atoms with Crippen LogP contribution in [0.25, 0.3) is 6.08 Å². The molecule has 0 spiro atoms. The predicted molar refractivity (Wildman–Crippen MR) is 85.5 cm³/mol. The zero-order valence-corrected chi connectivity index (χ0v) is 13.3. The highest BCUT2D eigenvalue weighted by Gasteiger charge is 2.02. The van der Waals surface area contributed by atoms with Crippen molar-refractivity contribution in [2.45, 2.75) is 33.3 Å². The molecule has 1 rings (SSSR count). The van der Waals surface area contributed by atoms with Crippen molar-refractivity contribution < 1.29 is 19.1 Å². The number of rotatable bonds is 8. The molecule has 22 heavy (non-hydrogen) atoms. The van der Waals surface area contributed by atoms with Gasteiger partial charge in [0, 0.05) is 12.6 Å². The van der Waals surface area contributed by atoms with E-state index in [-0.39, 0.29) is 30.9 Å². The van der Waals surface area contributed by atoms with Crippen molar-refractivity contribution in [3.63, 3.8) is 0 Å². The minimum absolute atomic E-state index is 0.102. The van der Waals surface area contributed by atoms with Gasteiger partial charge in [0.15, 0.2) is 0 Å². The monoisotopic (exact) mass is 305 g/mol. The molecule has 120 valence electrons. The minimum atomic E-state index is -0.315. The van der Waals surface area contributed by atoms with E-state index in [1.807, 2.05) is 38.1 Å². The normalized spacial score (nSPS) is 10.7. The molecule has 0 aromatic heterocycles. The number of benzene rings is 1. The zero-order chi connectivity index (χ0) is 16.4. The first kappa shape index (κ1) is 17.8. The fourth-order valence-electron chi connectivity index (χ4n) is 1.72. The van der Waals surface area contributed by atoms with Crippen molar-refractivity contribution in [3.05, 3.63) is 35.9 Å². The summed E-state index contributed by atoms with van der Waals surface area (Å²) in [6.07, 6.45) is 3.41. The fourth-order valence-corrected chi connectivity index (χ4v) is 1.72. The predicted octanol–water partition coefficient (Wildman–Crippen LogP) is 2.56. The maximum absolute atomic E-state index is 11.6. The van der Waals surface area contributed by atoms with Crippen LogP contribution in [-0.2, 0) is 14.3 Å². The second-order valence-corrected chi connectivity index (χ2v) is 4.92. The van der Waals surface area contributed by atoms with E-state index < -0.39 is 0 Å². The second-order valence-electron chi connectivity index (χ2n) is 4.92. The molecule has 0 atom stereocenters. The van der Waals surface area contributed by atoms with E-state index in [1.165, 1.54) is 6.08 Å². The van der Waals surface area contributed by atoms with Crippen LogP contribution >= 0.6 is 0 Å². The number of nitrogens with one attached hydrogen (secondary N) is 1. The lowest BCUT2D eigenvalue weighted by Crippen LogP contribution is -2.24. The van der Waals surface area contributed by atoms with Gasteiger partial charge in [0.1, 0.15) is 5.75 Å². The molecule has 0 fully saturated rings. The van der Waals surface area contributed by atoms with Gasteiger partial charge in [-0.1, -0.05) is 12.1 Å². The highest BCUT2D eigenvalue weighted by Crippen LogP contribution is 2.15. The number of hydrogen-bond donors (Lipinski definition) is 1. The number of amides is 1. The molecule has 5 heteroatoms. The average Bonchev–Trinajstić information content (AvgIpc) is 2.45. The molecule has 0 radical (unpaired) electrons. The van der Waals surface area contributed by atoms with E-state index in [0.717, 1.165) is 11.3 Å². The van der Waals surface area contributed by atoms with E-state index in [1.54, 1.807) is 13.0 Å². The third kappa shape index (κ3) is 7.47. The SMILES string of the molecule is CCOC(=O)CCNC(=O)/C=C/c1cccc(OC(C)C)c1. The summed E-state index contributed by atoms with van der Waals surface area (Å²) in [7, 11) is 0. The first-order valence-electron chi connectivity index (χ1n) is 7.39. The lowest BCUT2D eigenvalue weighted by atomic mass is 10.2. The van der Waals surface area contributed by atoms with Crippen molar-refractivity contribution in [1.29, 1.82) is 0 Å². The van der Waals surface area contributed by atoms with Gasteiger partial charge in [0.05, 0.1) is 19.1 Å². The van der Waals surface area contributed by atoms with Crippen LogP contribution < -0.4 is 10.1 Å². The molecule has 0 saturated carbocycles. The molecule has 0 bridgehead atoms. The molecule has 0 aliphatic heterocycles.